The van der Waals surface area contributed by atoms with E-state index in [9.17, 15) is 4.39 Å². The summed E-state index contributed by atoms with van der Waals surface area (Å²) in [6.45, 7) is 0. The number of methoxy groups -OCH3 is 1. The smallest absolute Gasteiger partial charge is 0.165 e. The number of ether oxygens (including phenoxy) is 1. The van der Waals surface area contributed by atoms with Crippen molar-refractivity contribution in [2.45, 2.75) is 0 Å². The number of fused-ring (bicyclic) bond motifs is 1. The molecule has 14 heavy (non-hydrogen) atoms. The Morgan fingerprint density at radius 3 is 2.86 bits per heavy atom. The van der Waals surface area contributed by atoms with Crippen LogP contribution in [0, 0.1) is 5.82 Å². The Labute approximate surface area is 80.3 Å². The van der Waals surface area contributed by atoms with Gasteiger partial charge in [0.25, 0.3) is 0 Å². The molecule has 3 nitrogen and oxygen atoms in total. The third kappa shape index (κ3) is 1.35. The molecule has 4 heteroatoms. The second kappa shape index (κ2) is 3.14. The van der Waals surface area contributed by atoms with Crippen LogP contribution in [-0.2, 0) is 0 Å². The quantitative estimate of drug-likeness (QED) is 0.751. The highest BCUT2D eigenvalue weighted by molar-refractivity contribution is 5.81. The van der Waals surface area contributed by atoms with Gasteiger partial charge < -0.3 is 10.5 Å². The molecule has 1 heterocycles. The lowest BCUT2D eigenvalue weighted by Crippen LogP contribution is -1.95. The van der Waals surface area contributed by atoms with E-state index < -0.39 is 5.82 Å². The molecule has 72 valence electrons. The van der Waals surface area contributed by atoms with Crippen molar-refractivity contribution < 1.29 is 9.13 Å². The minimum atomic E-state index is -0.498. The van der Waals surface area contributed by atoms with Gasteiger partial charge >= 0.3 is 0 Å². The molecule has 0 aliphatic heterocycles. The molecule has 0 atom stereocenters. The Bertz CT molecular complexity index is 485. The van der Waals surface area contributed by atoms with Crippen molar-refractivity contribution in [2.75, 3.05) is 12.8 Å². The van der Waals surface area contributed by atoms with Crippen molar-refractivity contribution in [2.24, 2.45) is 0 Å². The monoisotopic (exact) mass is 192 g/mol. The maximum atomic E-state index is 13.0. The summed E-state index contributed by atoms with van der Waals surface area (Å²) in [5, 5.41) is 0.706. The van der Waals surface area contributed by atoms with Crippen LogP contribution in [0.5, 0.6) is 5.75 Å². The van der Waals surface area contributed by atoms with Crippen LogP contribution in [0.25, 0.3) is 10.9 Å². The largest absolute Gasteiger partial charge is 0.497 e. The predicted molar refractivity (Wildman–Crippen MR) is 52.7 cm³/mol. The second-order valence-corrected chi connectivity index (χ2v) is 2.91. The number of benzene rings is 1. The Morgan fingerprint density at radius 2 is 2.14 bits per heavy atom. The number of hydrogen-bond acceptors (Lipinski definition) is 3. The van der Waals surface area contributed by atoms with Gasteiger partial charge in [-0.15, -0.1) is 0 Å². The van der Waals surface area contributed by atoms with Crippen LogP contribution in [0.1, 0.15) is 0 Å². The standard InChI is InChI=1S/C10H9FN2O/c1-14-7-3-2-6-4-8(11)10(12)13-9(6)5-7/h2-5H,1H3,(H2,12,13). The van der Waals surface area contributed by atoms with Crippen LogP contribution in [0.2, 0.25) is 0 Å². The molecule has 0 unspecified atom stereocenters. The molecule has 2 rings (SSSR count). The lowest BCUT2D eigenvalue weighted by molar-refractivity contribution is 0.415. The van der Waals surface area contributed by atoms with Crippen LogP contribution < -0.4 is 10.5 Å². The number of rotatable bonds is 1. The minimum absolute atomic E-state index is 0.0919. The SMILES string of the molecule is COc1ccc2cc(F)c(N)nc2c1. The molecule has 0 saturated heterocycles. The van der Waals surface area contributed by atoms with Gasteiger partial charge in [0.2, 0.25) is 0 Å². The van der Waals surface area contributed by atoms with Crippen molar-refractivity contribution in [1.82, 2.24) is 4.98 Å². The van der Waals surface area contributed by atoms with Crippen LogP contribution >= 0.6 is 0 Å². The molecule has 0 aliphatic rings. The lowest BCUT2D eigenvalue weighted by atomic mass is 10.2. The first-order valence-electron chi connectivity index (χ1n) is 4.10. The molecule has 2 N–H and O–H groups in total. The number of halogens is 1. The summed E-state index contributed by atoms with van der Waals surface area (Å²) in [4.78, 5) is 3.91. The summed E-state index contributed by atoms with van der Waals surface area (Å²) >= 11 is 0. The van der Waals surface area contributed by atoms with Gasteiger partial charge in [-0.25, -0.2) is 9.37 Å². The molecule has 2 aromatic rings. The van der Waals surface area contributed by atoms with E-state index in [0.29, 0.717) is 16.7 Å². The molecule has 0 bridgehead atoms. The van der Waals surface area contributed by atoms with E-state index in [1.165, 1.54) is 6.07 Å². The molecule has 0 radical (unpaired) electrons. The van der Waals surface area contributed by atoms with Crippen molar-refractivity contribution in [3.63, 3.8) is 0 Å². The van der Waals surface area contributed by atoms with Gasteiger partial charge in [-0.2, -0.15) is 0 Å². The van der Waals surface area contributed by atoms with Crippen LogP contribution in [-0.4, -0.2) is 12.1 Å². The first-order chi connectivity index (χ1) is 6.70. The number of pyridine rings is 1. The lowest BCUT2D eigenvalue weighted by Gasteiger charge is -2.03. The zero-order valence-corrected chi connectivity index (χ0v) is 7.62. The zero-order valence-electron chi connectivity index (χ0n) is 7.62. The number of nitrogens with zero attached hydrogens (tertiary/aromatic N) is 1. The fourth-order valence-electron chi connectivity index (χ4n) is 1.26. The third-order valence-electron chi connectivity index (χ3n) is 2.01. The summed E-state index contributed by atoms with van der Waals surface area (Å²) in [6.07, 6.45) is 0. The van der Waals surface area contributed by atoms with Crippen molar-refractivity contribution in [1.29, 1.82) is 0 Å². The van der Waals surface area contributed by atoms with Gasteiger partial charge in [0.1, 0.15) is 5.75 Å². The van der Waals surface area contributed by atoms with Crippen molar-refractivity contribution >= 4 is 16.7 Å². The summed E-state index contributed by atoms with van der Waals surface area (Å²) in [5.74, 6) is 0.0874. The van der Waals surface area contributed by atoms with Gasteiger partial charge in [-0.05, 0) is 18.2 Å². The Hall–Kier alpha value is -1.84. The average Bonchev–Trinajstić information content (AvgIpc) is 2.19. The van der Waals surface area contributed by atoms with Gasteiger partial charge in [0.05, 0.1) is 12.6 Å². The molecule has 0 fully saturated rings. The third-order valence-corrected chi connectivity index (χ3v) is 2.01. The highest BCUT2D eigenvalue weighted by Gasteiger charge is 2.03. The number of nitrogen functional groups attached to an aromatic ring is 1. The minimum Gasteiger partial charge on any atom is -0.497 e. The number of nitrogens with two attached hydrogens (primary N) is 1. The zero-order chi connectivity index (χ0) is 10.1. The molecule has 0 saturated carbocycles. The maximum Gasteiger partial charge on any atom is 0.165 e. The van der Waals surface area contributed by atoms with Gasteiger partial charge in [0.15, 0.2) is 11.6 Å². The van der Waals surface area contributed by atoms with Gasteiger partial charge in [0, 0.05) is 11.5 Å². The van der Waals surface area contributed by atoms with Crippen molar-refractivity contribution in [3.05, 3.63) is 30.1 Å². The highest BCUT2D eigenvalue weighted by Crippen LogP contribution is 2.21. The molecular weight excluding hydrogens is 183 g/mol. The maximum absolute atomic E-state index is 13.0. The first-order valence-corrected chi connectivity index (χ1v) is 4.10. The van der Waals surface area contributed by atoms with Crippen LogP contribution in [0.15, 0.2) is 24.3 Å². The van der Waals surface area contributed by atoms with E-state index in [1.54, 1.807) is 25.3 Å². The normalized spacial score (nSPS) is 10.4. The van der Waals surface area contributed by atoms with E-state index in [0.717, 1.165) is 0 Å². The molecule has 0 aliphatic carbocycles. The predicted octanol–water partition coefficient (Wildman–Crippen LogP) is 1.96. The van der Waals surface area contributed by atoms with E-state index in [-0.39, 0.29) is 5.82 Å². The summed E-state index contributed by atoms with van der Waals surface area (Å²) in [5.41, 5.74) is 5.98. The highest BCUT2D eigenvalue weighted by atomic mass is 19.1. The number of aromatic nitrogens is 1. The number of hydrogen-bond donors (Lipinski definition) is 1. The average molecular weight is 192 g/mol. The molecule has 0 spiro atoms. The van der Waals surface area contributed by atoms with E-state index in [2.05, 4.69) is 4.98 Å². The first kappa shape index (κ1) is 8.74. The van der Waals surface area contributed by atoms with E-state index in [1.807, 2.05) is 0 Å². The molecule has 0 amide bonds. The molecule has 1 aromatic carbocycles. The van der Waals surface area contributed by atoms with Crippen LogP contribution in [0.4, 0.5) is 10.2 Å². The van der Waals surface area contributed by atoms with Crippen LogP contribution in [0.3, 0.4) is 0 Å². The second-order valence-electron chi connectivity index (χ2n) is 2.91. The molecule has 1 aromatic heterocycles. The summed E-state index contributed by atoms with van der Waals surface area (Å²) < 4.78 is 18.0. The van der Waals surface area contributed by atoms with E-state index >= 15 is 0 Å². The summed E-state index contributed by atoms with van der Waals surface area (Å²) in [7, 11) is 1.56. The number of anilines is 1. The van der Waals surface area contributed by atoms with E-state index in [4.69, 9.17) is 10.5 Å². The Kier molecular flexibility index (Phi) is 1.96. The fourth-order valence-corrected chi connectivity index (χ4v) is 1.26. The van der Waals surface area contributed by atoms with Gasteiger partial charge in [-0.1, -0.05) is 0 Å². The Balaban J connectivity index is 2.70. The summed E-state index contributed by atoms with van der Waals surface area (Å²) in [6, 6.07) is 6.56. The Morgan fingerprint density at radius 1 is 1.36 bits per heavy atom. The molecular formula is C10H9FN2O. The van der Waals surface area contributed by atoms with Gasteiger partial charge in [-0.3, -0.25) is 0 Å². The topological polar surface area (TPSA) is 48.1 Å². The van der Waals surface area contributed by atoms with Crippen molar-refractivity contribution in [3.8, 4) is 5.75 Å². The fraction of sp³-hybridized carbons (Fsp3) is 0.100.